The van der Waals surface area contributed by atoms with E-state index in [-0.39, 0.29) is 5.91 Å². The monoisotopic (exact) mass is 298 g/mol. The van der Waals surface area contributed by atoms with Gasteiger partial charge in [-0.15, -0.1) is 0 Å². The summed E-state index contributed by atoms with van der Waals surface area (Å²) < 4.78 is 0. The van der Waals surface area contributed by atoms with Crippen molar-refractivity contribution in [1.29, 1.82) is 0 Å². The third-order valence-corrected chi connectivity index (χ3v) is 4.99. The summed E-state index contributed by atoms with van der Waals surface area (Å²) in [6.45, 7) is 7.03. The van der Waals surface area contributed by atoms with Crippen molar-refractivity contribution in [3.8, 4) is 0 Å². The molecule has 0 bridgehead atoms. The summed E-state index contributed by atoms with van der Waals surface area (Å²) in [7, 11) is 0. The van der Waals surface area contributed by atoms with Gasteiger partial charge in [0.25, 0.3) is 0 Å². The van der Waals surface area contributed by atoms with Gasteiger partial charge in [-0.2, -0.15) is 0 Å². The zero-order valence-electron chi connectivity index (χ0n) is 13.3. The van der Waals surface area contributed by atoms with Crippen LogP contribution in [0.25, 0.3) is 0 Å². The number of rotatable bonds is 8. The number of amides is 1. The van der Waals surface area contributed by atoms with Gasteiger partial charge in [0, 0.05) is 12.6 Å². The Kier molecular flexibility index (Phi) is 6.93. The van der Waals surface area contributed by atoms with Crippen molar-refractivity contribution in [2.45, 2.75) is 78.2 Å². The van der Waals surface area contributed by atoms with E-state index in [0.29, 0.717) is 11.0 Å². The Hall–Kier alpha value is -0.640. The number of nitrogens with zero attached hydrogens (tertiary/aromatic N) is 1. The minimum atomic E-state index is -0.614. The molecule has 0 unspecified atom stereocenters. The molecule has 3 nitrogen and oxygen atoms in total. The third-order valence-electron chi connectivity index (χ3n) is 4.60. The van der Waals surface area contributed by atoms with Gasteiger partial charge < -0.3 is 10.6 Å². The summed E-state index contributed by atoms with van der Waals surface area (Å²) >= 11 is 5.31. The number of carbonyl (C=O) groups excluding carboxylic acids is 1. The van der Waals surface area contributed by atoms with E-state index in [1.165, 1.54) is 12.8 Å². The zero-order chi connectivity index (χ0) is 15.2. The maximum atomic E-state index is 13.2. The highest BCUT2D eigenvalue weighted by Gasteiger charge is 2.44. The van der Waals surface area contributed by atoms with Crippen LogP contribution in [-0.4, -0.2) is 28.4 Å². The Morgan fingerprint density at radius 3 is 2.05 bits per heavy atom. The van der Waals surface area contributed by atoms with E-state index in [2.05, 4.69) is 25.7 Å². The topological polar surface area (TPSA) is 46.3 Å². The van der Waals surface area contributed by atoms with E-state index in [0.717, 1.165) is 45.1 Å². The third kappa shape index (κ3) is 3.51. The lowest BCUT2D eigenvalue weighted by Gasteiger charge is -2.39. The van der Waals surface area contributed by atoms with Crippen LogP contribution in [0.3, 0.4) is 0 Å². The molecule has 1 amide bonds. The molecule has 0 heterocycles. The van der Waals surface area contributed by atoms with Crippen LogP contribution in [0.4, 0.5) is 0 Å². The Morgan fingerprint density at radius 1 is 1.20 bits per heavy atom. The highest BCUT2D eigenvalue weighted by Crippen LogP contribution is 2.35. The van der Waals surface area contributed by atoms with E-state index in [1.807, 2.05) is 0 Å². The second-order valence-electron chi connectivity index (χ2n) is 5.98. The van der Waals surface area contributed by atoms with Crippen molar-refractivity contribution in [1.82, 2.24) is 4.90 Å². The largest absolute Gasteiger partial charge is 0.392 e. The second-order valence-corrected chi connectivity index (χ2v) is 6.42. The van der Waals surface area contributed by atoms with Gasteiger partial charge in [0.2, 0.25) is 5.91 Å². The van der Waals surface area contributed by atoms with E-state index in [9.17, 15) is 4.79 Å². The van der Waals surface area contributed by atoms with Crippen molar-refractivity contribution < 1.29 is 4.79 Å². The summed E-state index contributed by atoms with van der Waals surface area (Å²) in [4.78, 5) is 15.6. The number of thiocarbonyl (C=S) groups is 1. The zero-order valence-corrected chi connectivity index (χ0v) is 14.1. The van der Waals surface area contributed by atoms with Gasteiger partial charge >= 0.3 is 0 Å². The van der Waals surface area contributed by atoms with Crippen molar-refractivity contribution in [3.05, 3.63) is 0 Å². The molecular weight excluding hydrogens is 268 g/mol. The van der Waals surface area contributed by atoms with Gasteiger partial charge in [-0.05, 0) is 32.6 Å². The van der Waals surface area contributed by atoms with Crippen LogP contribution in [0.15, 0.2) is 0 Å². The summed E-state index contributed by atoms with van der Waals surface area (Å²) in [5, 5.41) is 0. The fourth-order valence-electron chi connectivity index (χ4n) is 3.60. The Morgan fingerprint density at radius 2 is 1.70 bits per heavy atom. The van der Waals surface area contributed by atoms with E-state index >= 15 is 0 Å². The number of hydrogen-bond donors (Lipinski definition) is 1. The van der Waals surface area contributed by atoms with Crippen LogP contribution >= 0.6 is 12.2 Å². The number of nitrogens with two attached hydrogens (primary N) is 1. The molecule has 1 aliphatic rings. The minimum Gasteiger partial charge on any atom is -0.392 e. The molecule has 0 radical (unpaired) electrons. The molecule has 0 spiro atoms. The maximum absolute atomic E-state index is 13.2. The molecule has 1 aliphatic carbocycles. The molecular formula is C16H30N2OS. The predicted molar refractivity (Wildman–Crippen MR) is 88.7 cm³/mol. The normalized spacial score (nSPS) is 16.4. The summed E-state index contributed by atoms with van der Waals surface area (Å²) in [6.07, 6.45) is 8.15. The van der Waals surface area contributed by atoms with Gasteiger partial charge in [0.15, 0.2) is 0 Å². The fraction of sp³-hybridized carbons (Fsp3) is 0.875. The first-order valence-corrected chi connectivity index (χ1v) is 8.55. The van der Waals surface area contributed by atoms with Crippen molar-refractivity contribution in [2.24, 2.45) is 11.1 Å². The Bertz CT molecular complexity index is 331. The molecule has 0 saturated heterocycles. The summed E-state index contributed by atoms with van der Waals surface area (Å²) in [6, 6.07) is 0.398. The molecule has 1 fully saturated rings. The highest BCUT2D eigenvalue weighted by molar-refractivity contribution is 7.80. The van der Waals surface area contributed by atoms with Crippen LogP contribution in [0.5, 0.6) is 0 Å². The van der Waals surface area contributed by atoms with Crippen molar-refractivity contribution in [3.63, 3.8) is 0 Å². The Labute approximate surface area is 129 Å². The molecule has 0 aromatic heterocycles. The van der Waals surface area contributed by atoms with Gasteiger partial charge in [-0.3, -0.25) is 4.79 Å². The molecule has 20 heavy (non-hydrogen) atoms. The summed E-state index contributed by atoms with van der Waals surface area (Å²) in [5.41, 5.74) is 5.41. The lowest BCUT2D eigenvalue weighted by atomic mass is 9.77. The molecule has 116 valence electrons. The van der Waals surface area contributed by atoms with Crippen LogP contribution in [0.1, 0.15) is 72.1 Å². The molecule has 1 saturated carbocycles. The van der Waals surface area contributed by atoms with Gasteiger partial charge in [-0.25, -0.2) is 0 Å². The average molecular weight is 298 g/mol. The van der Waals surface area contributed by atoms with Crippen molar-refractivity contribution in [2.75, 3.05) is 6.54 Å². The first-order valence-electron chi connectivity index (χ1n) is 8.14. The lowest BCUT2D eigenvalue weighted by Crippen LogP contribution is -2.53. The molecule has 2 N–H and O–H groups in total. The van der Waals surface area contributed by atoms with E-state index in [4.69, 9.17) is 18.0 Å². The van der Waals surface area contributed by atoms with Gasteiger partial charge in [-0.1, -0.05) is 51.7 Å². The van der Waals surface area contributed by atoms with Crippen molar-refractivity contribution >= 4 is 23.1 Å². The first-order chi connectivity index (χ1) is 9.53. The average Bonchev–Trinajstić information content (AvgIpc) is 2.92. The second kappa shape index (κ2) is 7.96. The highest BCUT2D eigenvalue weighted by atomic mass is 32.1. The Balaban J connectivity index is 3.02. The molecule has 4 heteroatoms. The molecule has 1 rings (SSSR count). The maximum Gasteiger partial charge on any atom is 0.235 e. The molecule has 0 aliphatic heterocycles. The lowest BCUT2D eigenvalue weighted by molar-refractivity contribution is -0.141. The SMILES string of the molecule is CCCC(CCC)(C(=O)N(CC)C1CCCC1)C(N)=S. The van der Waals surface area contributed by atoms with Crippen LogP contribution < -0.4 is 5.73 Å². The summed E-state index contributed by atoms with van der Waals surface area (Å²) in [5.74, 6) is 0.183. The predicted octanol–water partition coefficient (Wildman–Crippen LogP) is 3.65. The molecule has 0 atom stereocenters. The van der Waals surface area contributed by atoms with Crippen LogP contribution in [-0.2, 0) is 4.79 Å². The smallest absolute Gasteiger partial charge is 0.235 e. The van der Waals surface area contributed by atoms with Gasteiger partial charge in [0.05, 0.1) is 10.4 Å². The van der Waals surface area contributed by atoms with Crippen LogP contribution in [0, 0.1) is 5.41 Å². The van der Waals surface area contributed by atoms with Gasteiger partial charge in [0.1, 0.15) is 0 Å². The molecule has 0 aromatic rings. The quantitative estimate of drug-likeness (QED) is 0.696. The number of hydrogen-bond acceptors (Lipinski definition) is 2. The minimum absolute atomic E-state index is 0.183. The van der Waals surface area contributed by atoms with Crippen LogP contribution in [0.2, 0.25) is 0 Å². The number of carbonyl (C=O) groups is 1. The fourth-order valence-corrected chi connectivity index (χ4v) is 3.89. The van der Waals surface area contributed by atoms with E-state index in [1.54, 1.807) is 0 Å². The first kappa shape index (κ1) is 17.4. The molecule has 0 aromatic carbocycles. The van der Waals surface area contributed by atoms with E-state index < -0.39 is 5.41 Å². The standard InChI is InChI=1S/C16H30N2OS/c1-4-11-16(12-5-2,14(17)20)15(19)18(6-3)13-9-7-8-10-13/h13H,4-12H2,1-3H3,(H2,17,20).